The van der Waals surface area contributed by atoms with Gasteiger partial charge in [-0.3, -0.25) is 15.8 Å². The summed E-state index contributed by atoms with van der Waals surface area (Å²) in [6.45, 7) is 1.76. The Hall–Kier alpha value is -1.90. The van der Waals surface area contributed by atoms with Gasteiger partial charge >= 0.3 is 0 Å². The van der Waals surface area contributed by atoms with Crippen LogP contribution < -0.4 is 22.7 Å². The molecule has 0 fully saturated rings. The number of pyridine rings is 1. The van der Waals surface area contributed by atoms with Crippen molar-refractivity contribution in [1.82, 2.24) is 10.4 Å². The first-order valence-corrected chi connectivity index (χ1v) is 4.75. The summed E-state index contributed by atoms with van der Waals surface area (Å²) in [4.78, 5) is 3.89. The molecule has 17 heavy (non-hydrogen) atoms. The monoisotopic (exact) mass is 242 g/mol. The number of nitrogens with one attached hydrogen (secondary N) is 2. The largest absolute Gasteiger partial charge is 0.506 e. The second kappa shape index (κ2) is 7.39. The fourth-order valence-corrected chi connectivity index (χ4v) is 1.05. The Morgan fingerprint density at radius 1 is 1.59 bits per heavy atom. The topological polar surface area (TPSA) is 167 Å². The van der Waals surface area contributed by atoms with E-state index in [2.05, 4.69) is 16.6 Å². The molecule has 1 aromatic heterocycles. The fourth-order valence-electron chi connectivity index (χ4n) is 1.05. The summed E-state index contributed by atoms with van der Waals surface area (Å²) in [6.07, 6.45) is 1.53. The van der Waals surface area contributed by atoms with Crippen molar-refractivity contribution in [3.05, 3.63) is 23.0 Å². The number of hydrogen-bond acceptors (Lipinski definition) is 6. The summed E-state index contributed by atoms with van der Waals surface area (Å²) in [5, 5.41) is 24.6. The van der Waals surface area contributed by atoms with E-state index in [1.807, 2.05) is 5.43 Å². The Bertz CT molecular complexity index is 382. The van der Waals surface area contributed by atoms with Gasteiger partial charge in [-0.1, -0.05) is 0 Å². The van der Waals surface area contributed by atoms with Crippen LogP contribution in [0, 0.1) is 12.3 Å². The number of aliphatic hydroxyl groups is 1. The summed E-state index contributed by atoms with van der Waals surface area (Å²) < 4.78 is 0. The molecular formula is C9H18N6O2. The van der Waals surface area contributed by atoms with E-state index in [1.54, 1.807) is 6.92 Å². The average molecular weight is 242 g/mol. The normalized spacial score (nSPS) is 9.18. The molecule has 1 heterocycles. The van der Waals surface area contributed by atoms with Gasteiger partial charge in [0.2, 0.25) is 0 Å². The molecule has 0 atom stereocenters. The first-order chi connectivity index (χ1) is 7.97. The highest BCUT2D eigenvalue weighted by molar-refractivity contribution is 5.73. The van der Waals surface area contributed by atoms with Gasteiger partial charge in [-0.15, -0.1) is 0 Å². The maximum Gasteiger partial charge on any atom is 0.200 e. The molecule has 1 aromatic rings. The molecule has 0 aromatic carbocycles. The number of rotatable bonds is 2. The molecule has 0 aliphatic heterocycles. The first-order valence-electron chi connectivity index (χ1n) is 4.75. The summed E-state index contributed by atoms with van der Waals surface area (Å²) in [5.74, 6) is 4.44. The summed E-state index contributed by atoms with van der Waals surface area (Å²) in [6, 6.07) is 0. The second-order valence-electron chi connectivity index (χ2n) is 3.12. The molecule has 0 aliphatic carbocycles. The van der Waals surface area contributed by atoms with E-state index in [4.69, 9.17) is 16.2 Å². The molecule has 8 heteroatoms. The lowest BCUT2D eigenvalue weighted by atomic mass is 10.1. The zero-order chi connectivity index (χ0) is 13.4. The third-order valence-corrected chi connectivity index (χ3v) is 1.96. The highest BCUT2D eigenvalue weighted by Gasteiger charge is 2.08. The van der Waals surface area contributed by atoms with Crippen LogP contribution in [0.5, 0.6) is 5.75 Å². The van der Waals surface area contributed by atoms with Crippen LogP contribution in [0.3, 0.4) is 0 Å². The maximum atomic E-state index is 9.46. The maximum absolute atomic E-state index is 9.46. The zero-order valence-electron chi connectivity index (χ0n) is 9.57. The quantitative estimate of drug-likeness (QED) is 0.142. The molecule has 0 radical (unpaired) electrons. The molecule has 8 nitrogen and oxygen atoms in total. The Balaban J connectivity index is 0.000000437. The number of nitrogens with zero attached hydrogens (tertiary/aromatic N) is 1. The van der Waals surface area contributed by atoms with Crippen molar-refractivity contribution in [2.45, 2.75) is 20.1 Å². The third-order valence-electron chi connectivity index (χ3n) is 1.96. The van der Waals surface area contributed by atoms with E-state index in [0.29, 0.717) is 16.8 Å². The van der Waals surface area contributed by atoms with Crippen LogP contribution in [-0.2, 0) is 13.2 Å². The molecule has 0 spiro atoms. The van der Waals surface area contributed by atoms with Crippen molar-refractivity contribution in [3.8, 4) is 5.75 Å². The number of aromatic nitrogens is 1. The van der Waals surface area contributed by atoms with Gasteiger partial charge in [0.15, 0.2) is 5.96 Å². The number of nitrogens with two attached hydrogens (primary N) is 3. The van der Waals surface area contributed by atoms with Gasteiger partial charge in [0, 0.05) is 23.9 Å². The predicted molar refractivity (Wildman–Crippen MR) is 63.7 cm³/mol. The molecule has 1 rings (SSSR count). The summed E-state index contributed by atoms with van der Waals surface area (Å²) in [7, 11) is 0. The van der Waals surface area contributed by atoms with Gasteiger partial charge < -0.3 is 21.7 Å². The van der Waals surface area contributed by atoms with E-state index >= 15 is 0 Å². The number of aliphatic hydroxyl groups excluding tert-OH is 1. The van der Waals surface area contributed by atoms with Crippen molar-refractivity contribution in [2.75, 3.05) is 0 Å². The molecule has 0 bridgehead atoms. The zero-order valence-corrected chi connectivity index (χ0v) is 9.57. The Morgan fingerprint density at radius 2 is 2.12 bits per heavy atom. The summed E-state index contributed by atoms with van der Waals surface area (Å²) >= 11 is 0. The van der Waals surface area contributed by atoms with Crippen molar-refractivity contribution in [2.24, 2.45) is 17.3 Å². The molecule has 10 N–H and O–H groups in total. The standard InChI is InChI=1S/C8H12N2O2.CH6N4/c1-5-8(12)7(2-9)6(4-11)3-10-5;2-1(3)5-4/h3,11-12H,2,4,9H2,1H3;4H2,(H4,2,3,5). The molecule has 0 saturated heterocycles. The van der Waals surface area contributed by atoms with Gasteiger partial charge in [-0.25, -0.2) is 5.84 Å². The third kappa shape index (κ3) is 4.64. The minimum atomic E-state index is -0.218. The minimum absolute atomic E-state index is 0.0871. The van der Waals surface area contributed by atoms with E-state index in [1.165, 1.54) is 6.20 Å². The lowest BCUT2D eigenvalue weighted by Gasteiger charge is -2.08. The number of guanidine groups is 1. The number of aryl methyl sites for hydroxylation is 1. The Kier molecular flexibility index (Phi) is 6.56. The molecule has 0 unspecified atom stereocenters. The second-order valence-corrected chi connectivity index (χ2v) is 3.12. The highest BCUT2D eigenvalue weighted by atomic mass is 16.3. The van der Waals surface area contributed by atoms with Crippen LogP contribution in [0.2, 0.25) is 0 Å². The molecule has 0 amide bonds. The van der Waals surface area contributed by atoms with E-state index in [-0.39, 0.29) is 24.9 Å². The Morgan fingerprint density at radius 3 is 2.47 bits per heavy atom. The predicted octanol–water partition coefficient (Wildman–Crippen LogP) is -1.61. The fraction of sp³-hybridized carbons (Fsp3) is 0.333. The SMILES string of the molecule is Cc1ncc(CO)c(CN)c1O.N=C(N)NN. The number of hydrazine groups is 1. The van der Waals surface area contributed by atoms with Crippen LogP contribution in [0.1, 0.15) is 16.8 Å². The van der Waals surface area contributed by atoms with Crippen molar-refractivity contribution < 1.29 is 10.2 Å². The molecule has 0 aliphatic rings. The smallest absolute Gasteiger partial charge is 0.200 e. The molecule has 0 saturated carbocycles. The van der Waals surface area contributed by atoms with Gasteiger partial charge in [0.05, 0.1) is 12.3 Å². The number of aromatic hydroxyl groups is 1. The molecular weight excluding hydrogens is 224 g/mol. The minimum Gasteiger partial charge on any atom is -0.506 e. The summed E-state index contributed by atoms with van der Waals surface area (Å²) in [5.41, 5.74) is 13.6. The van der Waals surface area contributed by atoms with Gasteiger partial charge in [0.25, 0.3) is 0 Å². The van der Waals surface area contributed by atoms with Crippen LogP contribution in [0.15, 0.2) is 6.20 Å². The highest BCUT2D eigenvalue weighted by Crippen LogP contribution is 2.22. The van der Waals surface area contributed by atoms with Gasteiger partial charge in [0.1, 0.15) is 5.75 Å². The number of hydrogen-bond donors (Lipinski definition) is 7. The van der Waals surface area contributed by atoms with Crippen molar-refractivity contribution in [3.63, 3.8) is 0 Å². The van der Waals surface area contributed by atoms with E-state index in [9.17, 15) is 5.11 Å². The lowest BCUT2D eigenvalue weighted by molar-refractivity contribution is 0.279. The average Bonchev–Trinajstić information content (AvgIpc) is 2.33. The Labute approximate surface area is 98.9 Å². The first kappa shape index (κ1) is 15.1. The van der Waals surface area contributed by atoms with E-state index in [0.717, 1.165) is 0 Å². The lowest BCUT2D eigenvalue weighted by Crippen LogP contribution is -2.35. The van der Waals surface area contributed by atoms with Crippen molar-refractivity contribution >= 4 is 5.96 Å². The van der Waals surface area contributed by atoms with Crippen LogP contribution in [-0.4, -0.2) is 21.2 Å². The van der Waals surface area contributed by atoms with Gasteiger partial charge in [-0.2, -0.15) is 0 Å². The van der Waals surface area contributed by atoms with Crippen LogP contribution in [0.25, 0.3) is 0 Å². The van der Waals surface area contributed by atoms with Crippen LogP contribution >= 0.6 is 0 Å². The van der Waals surface area contributed by atoms with Crippen molar-refractivity contribution in [1.29, 1.82) is 5.41 Å². The van der Waals surface area contributed by atoms with Gasteiger partial charge in [-0.05, 0) is 6.92 Å². The van der Waals surface area contributed by atoms with E-state index < -0.39 is 0 Å². The van der Waals surface area contributed by atoms with Crippen LogP contribution in [0.4, 0.5) is 0 Å². The molecule has 96 valence electrons.